The Hall–Kier alpha value is -4.20. The van der Waals surface area contributed by atoms with Gasteiger partial charge in [0.1, 0.15) is 0 Å². The van der Waals surface area contributed by atoms with Gasteiger partial charge in [-0.1, -0.05) is 12.1 Å². The van der Waals surface area contributed by atoms with Gasteiger partial charge in [-0.15, -0.1) is 0 Å². The van der Waals surface area contributed by atoms with Crippen LogP contribution in [0.1, 0.15) is 10.4 Å². The molecular formula is C22H19N5O3. The van der Waals surface area contributed by atoms with Crippen molar-refractivity contribution >= 4 is 28.4 Å². The number of methoxy groups -OCH3 is 1. The zero-order chi connectivity index (χ0) is 21.1. The summed E-state index contributed by atoms with van der Waals surface area (Å²) < 4.78 is 5.19. The Morgan fingerprint density at radius 2 is 1.97 bits per heavy atom. The van der Waals surface area contributed by atoms with E-state index in [0.717, 1.165) is 5.56 Å². The molecule has 3 N–H and O–H groups in total. The van der Waals surface area contributed by atoms with Crippen LogP contribution >= 0.6 is 0 Å². The summed E-state index contributed by atoms with van der Waals surface area (Å²) in [6.45, 7) is 0. The largest absolute Gasteiger partial charge is 0.504 e. The van der Waals surface area contributed by atoms with Crippen LogP contribution in [0.15, 0.2) is 60.9 Å². The summed E-state index contributed by atoms with van der Waals surface area (Å²) in [5.41, 5.74) is 3.05. The van der Waals surface area contributed by atoms with E-state index in [0.29, 0.717) is 39.5 Å². The molecule has 0 saturated carbocycles. The van der Waals surface area contributed by atoms with Gasteiger partial charge in [0.25, 0.3) is 5.91 Å². The Morgan fingerprint density at radius 1 is 1.10 bits per heavy atom. The van der Waals surface area contributed by atoms with Gasteiger partial charge in [-0.3, -0.25) is 9.78 Å². The van der Waals surface area contributed by atoms with Crippen LogP contribution in [0.2, 0.25) is 0 Å². The lowest BCUT2D eigenvalue weighted by molar-refractivity contribution is 0.102. The number of hydrogen-bond donors (Lipinski definition) is 3. The topological polar surface area (TPSA) is 109 Å². The maximum absolute atomic E-state index is 12.5. The van der Waals surface area contributed by atoms with Crippen molar-refractivity contribution in [2.45, 2.75) is 0 Å². The lowest BCUT2D eigenvalue weighted by Gasteiger charge is -2.12. The highest BCUT2D eigenvalue weighted by molar-refractivity contribution is 6.04. The summed E-state index contributed by atoms with van der Waals surface area (Å²) in [6.07, 6.45) is 3.12. The van der Waals surface area contributed by atoms with Crippen molar-refractivity contribution in [2.24, 2.45) is 0 Å². The van der Waals surface area contributed by atoms with Crippen LogP contribution in [-0.2, 0) is 0 Å². The molecule has 1 amide bonds. The molecule has 4 aromatic rings. The number of benzene rings is 2. The fraction of sp³-hybridized carbons (Fsp3) is 0.0909. The molecule has 0 spiro atoms. The number of carbonyl (C=O) groups excluding carboxylic acids is 1. The highest BCUT2D eigenvalue weighted by Gasteiger charge is 2.14. The SMILES string of the molecule is CNc1nc(-c2cccc(NC(=O)c3cccnc3)c2)c2cc(O)c(OC)cc2n1. The number of anilines is 2. The Morgan fingerprint density at radius 3 is 2.70 bits per heavy atom. The van der Waals surface area contributed by atoms with E-state index in [1.165, 1.54) is 13.3 Å². The number of aromatic hydroxyl groups is 1. The third-order valence-electron chi connectivity index (χ3n) is 4.54. The van der Waals surface area contributed by atoms with Crippen LogP contribution in [0, 0.1) is 0 Å². The molecule has 4 rings (SSSR count). The van der Waals surface area contributed by atoms with Crippen molar-refractivity contribution in [1.29, 1.82) is 0 Å². The Labute approximate surface area is 172 Å². The van der Waals surface area contributed by atoms with E-state index in [-0.39, 0.29) is 11.7 Å². The number of pyridine rings is 1. The Bertz CT molecular complexity index is 1230. The van der Waals surface area contributed by atoms with Gasteiger partial charge in [-0.2, -0.15) is 0 Å². The first kappa shape index (κ1) is 19.1. The Balaban J connectivity index is 1.77. The van der Waals surface area contributed by atoms with Crippen molar-refractivity contribution in [3.63, 3.8) is 0 Å². The van der Waals surface area contributed by atoms with Gasteiger partial charge in [-0.25, -0.2) is 9.97 Å². The average Bonchev–Trinajstić information content (AvgIpc) is 2.78. The third-order valence-corrected chi connectivity index (χ3v) is 4.54. The number of nitrogens with one attached hydrogen (secondary N) is 2. The number of aromatic nitrogens is 3. The number of fused-ring (bicyclic) bond motifs is 1. The number of amides is 1. The van der Waals surface area contributed by atoms with Gasteiger partial charge in [0, 0.05) is 42.1 Å². The second-order valence-corrected chi connectivity index (χ2v) is 6.46. The fourth-order valence-corrected chi connectivity index (χ4v) is 3.08. The molecule has 2 aromatic carbocycles. The number of carbonyl (C=O) groups is 1. The number of phenols is 1. The van der Waals surface area contributed by atoms with Gasteiger partial charge in [0.2, 0.25) is 5.95 Å². The molecule has 8 nitrogen and oxygen atoms in total. The molecule has 2 heterocycles. The molecule has 0 bridgehead atoms. The third kappa shape index (κ3) is 3.70. The minimum absolute atomic E-state index is 0.00640. The van der Waals surface area contributed by atoms with Gasteiger partial charge < -0.3 is 20.5 Å². The van der Waals surface area contributed by atoms with Gasteiger partial charge in [0.15, 0.2) is 11.5 Å². The molecule has 150 valence electrons. The van der Waals surface area contributed by atoms with Gasteiger partial charge in [-0.05, 0) is 30.3 Å². The molecule has 0 unspecified atom stereocenters. The molecule has 0 radical (unpaired) electrons. The van der Waals surface area contributed by atoms with Crippen molar-refractivity contribution in [2.75, 3.05) is 24.8 Å². The monoisotopic (exact) mass is 401 g/mol. The van der Waals surface area contributed by atoms with E-state index < -0.39 is 0 Å². The maximum Gasteiger partial charge on any atom is 0.257 e. The smallest absolute Gasteiger partial charge is 0.257 e. The van der Waals surface area contributed by atoms with Crippen LogP contribution in [-0.4, -0.2) is 40.1 Å². The summed E-state index contributed by atoms with van der Waals surface area (Å²) in [6, 6.07) is 13.9. The molecule has 0 aliphatic rings. The molecule has 2 aromatic heterocycles. The highest BCUT2D eigenvalue weighted by Crippen LogP contribution is 2.36. The zero-order valence-electron chi connectivity index (χ0n) is 16.4. The number of hydrogen-bond acceptors (Lipinski definition) is 7. The molecule has 0 aliphatic heterocycles. The van der Waals surface area contributed by atoms with Crippen molar-refractivity contribution in [1.82, 2.24) is 15.0 Å². The van der Waals surface area contributed by atoms with Gasteiger partial charge in [0.05, 0.1) is 23.9 Å². The summed E-state index contributed by atoms with van der Waals surface area (Å²) in [4.78, 5) is 25.4. The highest BCUT2D eigenvalue weighted by atomic mass is 16.5. The number of rotatable bonds is 5. The fourth-order valence-electron chi connectivity index (χ4n) is 3.08. The van der Waals surface area contributed by atoms with E-state index in [1.807, 2.05) is 18.2 Å². The quantitative estimate of drug-likeness (QED) is 0.468. The molecule has 30 heavy (non-hydrogen) atoms. The standard InChI is InChI=1S/C22H19N5O3/c1-23-22-26-17-11-19(30-2)18(28)10-16(17)20(27-22)13-5-3-7-15(9-13)25-21(29)14-6-4-8-24-12-14/h3-12,28H,1-2H3,(H,25,29)(H,23,26,27). The summed E-state index contributed by atoms with van der Waals surface area (Å²) >= 11 is 0. The first-order valence-electron chi connectivity index (χ1n) is 9.17. The molecular weight excluding hydrogens is 382 g/mol. The van der Waals surface area contributed by atoms with E-state index in [4.69, 9.17) is 4.74 Å². The van der Waals surface area contributed by atoms with E-state index in [1.54, 1.807) is 43.6 Å². The lowest BCUT2D eigenvalue weighted by atomic mass is 10.0. The van der Waals surface area contributed by atoms with Crippen LogP contribution < -0.4 is 15.4 Å². The maximum atomic E-state index is 12.5. The van der Waals surface area contributed by atoms with Gasteiger partial charge >= 0.3 is 0 Å². The second-order valence-electron chi connectivity index (χ2n) is 6.46. The molecule has 8 heteroatoms. The molecule has 0 fully saturated rings. The zero-order valence-corrected chi connectivity index (χ0v) is 16.4. The normalized spacial score (nSPS) is 10.6. The first-order valence-corrected chi connectivity index (χ1v) is 9.17. The second kappa shape index (κ2) is 8.04. The van der Waals surface area contributed by atoms with Crippen molar-refractivity contribution < 1.29 is 14.6 Å². The van der Waals surface area contributed by atoms with E-state index in [9.17, 15) is 9.90 Å². The van der Waals surface area contributed by atoms with Crippen LogP contribution in [0.4, 0.5) is 11.6 Å². The number of nitrogens with zero attached hydrogens (tertiary/aromatic N) is 3. The summed E-state index contributed by atoms with van der Waals surface area (Å²) in [7, 11) is 3.21. The van der Waals surface area contributed by atoms with E-state index in [2.05, 4.69) is 25.6 Å². The van der Waals surface area contributed by atoms with Crippen molar-refractivity contribution in [3.05, 3.63) is 66.5 Å². The predicted octanol–water partition coefficient (Wildman–Crippen LogP) is 3.70. The van der Waals surface area contributed by atoms with Crippen molar-refractivity contribution in [3.8, 4) is 22.8 Å². The molecule has 0 aliphatic carbocycles. The summed E-state index contributed by atoms with van der Waals surface area (Å²) in [5.74, 6) is 0.487. The minimum atomic E-state index is -0.258. The van der Waals surface area contributed by atoms with Crippen LogP contribution in [0.5, 0.6) is 11.5 Å². The van der Waals surface area contributed by atoms with Crippen LogP contribution in [0.3, 0.4) is 0 Å². The summed E-state index contributed by atoms with van der Waals surface area (Å²) in [5, 5.41) is 16.7. The first-order chi connectivity index (χ1) is 14.6. The minimum Gasteiger partial charge on any atom is -0.504 e. The van der Waals surface area contributed by atoms with Crippen LogP contribution in [0.25, 0.3) is 22.2 Å². The lowest BCUT2D eigenvalue weighted by Crippen LogP contribution is -2.12. The van der Waals surface area contributed by atoms with E-state index >= 15 is 0 Å². The number of phenolic OH excluding ortho intramolecular Hbond substituents is 1. The molecule has 0 saturated heterocycles. The Kier molecular flexibility index (Phi) is 5.13. The number of ether oxygens (including phenoxy) is 1. The average molecular weight is 401 g/mol. The molecule has 0 atom stereocenters. The predicted molar refractivity (Wildman–Crippen MR) is 115 cm³/mol.